The number of hydrogen-bond acceptors (Lipinski definition) is 4. The molecule has 2 heterocycles. The fraction of sp³-hybridized carbons (Fsp3) is 0.0526. The highest BCUT2D eigenvalue weighted by atomic mass is 35.5. The Balaban J connectivity index is 1.67. The first-order valence-corrected chi connectivity index (χ1v) is 9.02. The minimum Gasteiger partial charge on any atom is -0.377 e. The molecule has 0 fully saturated rings. The van der Waals surface area contributed by atoms with Crippen molar-refractivity contribution in [3.8, 4) is 11.1 Å². The van der Waals surface area contributed by atoms with E-state index in [1.54, 1.807) is 0 Å². The number of aromatic nitrogens is 2. The number of thiophene rings is 1. The fourth-order valence-electron chi connectivity index (χ4n) is 2.69. The van der Waals surface area contributed by atoms with Gasteiger partial charge < -0.3 is 10.3 Å². The van der Waals surface area contributed by atoms with Gasteiger partial charge >= 0.3 is 0 Å². The lowest BCUT2D eigenvalue weighted by Crippen LogP contribution is -2.14. The van der Waals surface area contributed by atoms with Crippen molar-refractivity contribution in [3.05, 3.63) is 81.2 Å². The Morgan fingerprint density at radius 1 is 1.08 bits per heavy atom. The van der Waals surface area contributed by atoms with Crippen LogP contribution in [0.1, 0.15) is 5.82 Å². The molecule has 0 spiro atoms. The van der Waals surface area contributed by atoms with Crippen molar-refractivity contribution in [2.75, 3.05) is 5.32 Å². The van der Waals surface area contributed by atoms with E-state index in [9.17, 15) is 4.79 Å². The number of hydrogen-bond donors (Lipinski definition) is 2. The molecule has 0 saturated carbocycles. The van der Waals surface area contributed by atoms with Crippen LogP contribution in [-0.4, -0.2) is 9.97 Å². The maximum atomic E-state index is 12.6. The van der Waals surface area contributed by atoms with E-state index in [0.717, 1.165) is 21.6 Å². The summed E-state index contributed by atoms with van der Waals surface area (Å²) in [5, 5.41) is 6.45. The van der Waals surface area contributed by atoms with Gasteiger partial charge in [-0.3, -0.25) is 4.79 Å². The Morgan fingerprint density at radius 2 is 1.84 bits per heavy atom. The molecule has 0 atom stereocenters. The lowest BCUT2D eigenvalue weighted by Gasteiger charge is -2.07. The van der Waals surface area contributed by atoms with Gasteiger partial charge in [0, 0.05) is 10.9 Å². The normalized spacial score (nSPS) is 10.9. The minimum atomic E-state index is -0.124. The summed E-state index contributed by atoms with van der Waals surface area (Å²) in [6.45, 7) is 0.396. The summed E-state index contributed by atoms with van der Waals surface area (Å²) < 4.78 is 0. The molecule has 2 aromatic carbocycles. The van der Waals surface area contributed by atoms with Crippen LogP contribution in [0.3, 0.4) is 0 Å². The van der Waals surface area contributed by atoms with Crippen molar-refractivity contribution in [1.29, 1.82) is 0 Å². The van der Waals surface area contributed by atoms with Crippen molar-refractivity contribution in [1.82, 2.24) is 9.97 Å². The summed E-state index contributed by atoms with van der Waals surface area (Å²) in [5.74, 6) is 0.582. The number of aromatic amines is 1. The van der Waals surface area contributed by atoms with Gasteiger partial charge in [0.25, 0.3) is 5.56 Å². The monoisotopic (exact) mass is 367 g/mol. The highest BCUT2D eigenvalue weighted by Crippen LogP contribution is 2.30. The van der Waals surface area contributed by atoms with Gasteiger partial charge in [-0.15, -0.1) is 11.3 Å². The largest absolute Gasteiger partial charge is 0.377 e. The zero-order chi connectivity index (χ0) is 17.2. The molecule has 0 bridgehead atoms. The molecule has 124 valence electrons. The van der Waals surface area contributed by atoms with Gasteiger partial charge in [-0.25, -0.2) is 4.98 Å². The van der Waals surface area contributed by atoms with Crippen LogP contribution < -0.4 is 10.9 Å². The van der Waals surface area contributed by atoms with Crippen LogP contribution in [0.25, 0.3) is 21.3 Å². The van der Waals surface area contributed by atoms with Gasteiger partial charge in [0.05, 0.1) is 22.6 Å². The maximum Gasteiger partial charge on any atom is 0.260 e. The first-order valence-electron chi connectivity index (χ1n) is 7.76. The summed E-state index contributed by atoms with van der Waals surface area (Å²) in [6, 6.07) is 17.3. The number of nitrogens with zero attached hydrogens (tertiary/aromatic N) is 1. The Labute approximate surface area is 153 Å². The molecule has 4 aromatic rings. The number of fused-ring (bicyclic) bond motifs is 1. The Bertz CT molecular complexity index is 1090. The standard InChI is InChI=1S/C19H14ClN3OS/c20-14-8-4-5-9-15(14)21-10-16-22-18(24)17-13(11-25-19(17)23-16)12-6-2-1-3-7-12/h1-9,11,21H,10H2,(H,22,23,24). The molecular weight excluding hydrogens is 354 g/mol. The fourth-order valence-corrected chi connectivity index (χ4v) is 3.86. The van der Waals surface area contributed by atoms with E-state index in [1.165, 1.54) is 11.3 Å². The van der Waals surface area contributed by atoms with E-state index < -0.39 is 0 Å². The zero-order valence-electron chi connectivity index (χ0n) is 13.1. The maximum absolute atomic E-state index is 12.6. The first-order chi connectivity index (χ1) is 12.2. The molecule has 2 N–H and O–H groups in total. The number of halogens is 1. The number of H-pyrrole nitrogens is 1. The lowest BCUT2D eigenvalue weighted by atomic mass is 10.1. The van der Waals surface area contributed by atoms with Gasteiger partial charge in [-0.05, 0) is 17.7 Å². The molecule has 4 rings (SSSR count). The second-order valence-corrected chi connectivity index (χ2v) is 6.81. The highest BCUT2D eigenvalue weighted by Gasteiger charge is 2.12. The molecule has 0 aliphatic heterocycles. The van der Waals surface area contributed by atoms with Crippen molar-refractivity contribution < 1.29 is 0 Å². The Hall–Kier alpha value is -2.63. The van der Waals surface area contributed by atoms with Crippen LogP contribution in [-0.2, 0) is 6.54 Å². The molecule has 4 nitrogen and oxygen atoms in total. The molecule has 0 aliphatic carbocycles. The van der Waals surface area contributed by atoms with E-state index in [-0.39, 0.29) is 5.56 Å². The number of nitrogens with one attached hydrogen (secondary N) is 2. The molecule has 2 aromatic heterocycles. The summed E-state index contributed by atoms with van der Waals surface area (Å²) in [5.41, 5.74) is 2.62. The summed E-state index contributed by atoms with van der Waals surface area (Å²) >= 11 is 7.61. The van der Waals surface area contributed by atoms with Crippen molar-refractivity contribution in [3.63, 3.8) is 0 Å². The minimum absolute atomic E-state index is 0.124. The van der Waals surface area contributed by atoms with Crippen LogP contribution >= 0.6 is 22.9 Å². The van der Waals surface area contributed by atoms with Crippen molar-refractivity contribution in [2.45, 2.75) is 6.54 Å². The summed E-state index contributed by atoms with van der Waals surface area (Å²) in [7, 11) is 0. The lowest BCUT2D eigenvalue weighted by molar-refractivity contribution is 0.957. The third kappa shape index (κ3) is 3.16. The highest BCUT2D eigenvalue weighted by molar-refractivity contribution is 7.17. The number of rotatable bonds is 4. The van der Waals surface area contributed by atoms with E-state index >= 15 is 0 Å². The molecule has 6 heteroatoms. The van der Waals surface area contributed by atoms with Crippen molar-refractivity contribution in [2.24, 2.45) is 0 Å². The third-order valence-electron chi connectivity index (χ3n) is 3.90. The smallest absolute Gasteiger partial charge is 0.260 e. The van der Waals surface area contributed by atoms with Crippen molar-refractivity contribution >= 4 is 38.8 Å². The second-order valence-electron chi connectivity index (χ2n) is 5.54. The quantitative estimate of drug-likeness (QED) is 0.538. The molecule has 0 radical (unpaired) electrons. The van der Waals surface area contributed by atoms with Crippen LogP contribution in [0.2, 0.25) is 5.02 Å². The number of para-hydroxylation sites is 1. The first kappa shape index (κ1) is 15.9. The molecule has 0 saturated heterocycles. The average Bonchev–Trinajstić information content (AvgIpc) is 3.06. The third-order valence-corrected chi connectivity index (χ3v) is 5.10. The molecule has 0 amide bonds. The summed E-state index contributed by atoms with van der Waals surface area (Å²) in [6.07, 6.45) is 0. The number of benzene rings is 2. The molecular formula is C19H14ClN3OS. The van der Waals surface area contributed by atoms with Crippen LogP contribution in [0.5, 0.6) is 0 Å². The zero-order valence-corrected chi connectivity index (χ0v) is 14.7. The van der Waals surface area contributed by atoms with Crippen LogP contribution in [0.15, 0.2) is 64.8 Å². The Morgan fingerprint density at radius 3 is 2.64 bits per heavy atom. The van der Waals surface area contributed by atoms with Gasteiger partial charge in [0.2, 0.25) is 0 Å². The Kier molecular flexibility index (Phi) is 4.26. The topological polar surface area (TPSA) is 57.8 Å². The van der Waals surface area contributed by atoms with Gasteiger partial charge in [0.15, 0.2) is 0 Å². The van der Waals surface area contributed by atoms with Crippen LogP contribution in [0, 0.1) is 0 Å². The molecule has 0 unspecified atom stereocenters. The average molecular weight is 368 g/mol. The predicted octanol–water partition coefficient (Wildman–Crippen LogP) is 4.92. The van der Waals surface area contributed by atoms with E-state index in [2.05, 4.69) is 15.3 Å². The second kappa shape index (κ2) is 6.70. The predicted molar refractivity (Wildman–Crippen MR) is 104 cm³/mol. The number of anilines is 1. The van der Waals surface area contributed by atoms with Crippen LogP contribution in [0.4, 0.5) is 5.69 Å². The van der Waals surface area contributed by atoms with E-state index in [0.29, 0.717) is 22.8 Å². The van der Waals surface area contributed by atoms with Gasteiger partial charge in [-0.1, -0.05) is 54.1 Å². The SMILES string of the molecule is O=c1[nH]c(CNc2ccccc2Cl)nc2scc(-c3ccccc3)c12. The van der Waals surface area contributed by atoms with Gasteiger partial charge in [0.1, 0.15) is 10.7 Å². The van der Waals surface area contributed by atoms with E-state index in [1.807, 2.05) is 60.0 Å². The van der Waals surface area contributed by atoms with E-state index in [4.69, 9.17) is 11.6 Å². The summed E-state index contributed by atoms with van der Waals surface area (Å²) in [4.78, 5) is 20.8. The molecule has 25 heavy (non-hydrogen) atoms. The molecule has 0 aliphatic rings. The van der Waals surface area contributed by atoms with Gasteiger partial charge in [-0.2, -0.15) is 0 Å².